The molecule has 26 heavy (non-hydrogen) atoms. The van der Waals surface area contributed by atoms with Crippen LogP contribution in [0.1, 0.15) is 22.7 Å². The van der Waals surface area contributed by atoms with Crippen molar-refractivity contribution in [2.24, 2.45) is 0 Å². The molecule has 0 aliphatic carbocycles. The summed E-state index contributed by atoms with van der Waals surface area (Å²) in [6, 6.07) is 10.3. The fraction of sp³-hybridized carbons (Fsp3) is 0.350. The van der Waals surface area contributed by atoms with Crippen LogP contribution in [0, 0.1) is 19.7 Å². The molecule has 0 bridgehead atoms. The van der Waals surface area contributed by atoms with E-state index in [1.807, 2.05) is 32.0 Å². The number of amides is 1. The maximum atomic E-state index is 13.6. The lowest BCUT2D eigenvalue weighted by Crippen LogP contribution is -2.48. The minimum absolute atomic E-state index is 0.0419. The number of piperazine rings is 1. The average molecular weight is 376 g/mol. The summed E-state index contributed by atoms with van der Waals surface area (Å²) in [6.45, 7) is 6.32. The topological polar surface area (TPSA) is 44.4 Å². The van der Waals surface area contributed by atoms with Gasteiger partial charge in [0, 0.05) is 25.7 Å². The molecule has 0 radical (unpaired) electrons. The molecule has 1 fully saturated rings. The van der Waals surface area contributed by atoms with Crippen molar-refractivity contribution >= 4 is 23.2 Å². The van der Waals surface area contributed by atoms with Gasteiger partial charge in [0.2, 0.25) is 5.91 Å². The molecule has 1 aliphatic heterocycles. The van der Waals surface area contributed by atoms with E-state index in [-0.39, 0.29) is 24.3 Å². The van der Waals surface area contributed by atoms with Gasteiger partial charge in [-0.1, -0.05) is 29.8 Å². The summed E-state index contributed by atoms with van der Waals surface area (Å²) in [4.78, 5) is 14.7. The number of halogens is 2. The Morgan fingerprint density at radius 3 is 2.88 bits per heavy atom. The fourth-order valence-corrected chi connectivity index (χ4v) is 3.78. The minimum Gasteiger partial charge on any atom is -0.323 e. The molecule has 2 N–H and O–H groups in total. The molecule has 3 rings (SSSR count). The molecule has 1 atom stereocenters. The number of benzene rings is 2. The lowest BCUT2D eigenvalue weighted by atomic mass is 10.0. The van der Waals surface area contributed by atoms with Crippen LogP contribution >= 0.6 is 11.6 Å². The van der Waals surface area contributed by atoms with Gasteiger partial charge in [-0.05, 0) is 48.7 Å². The van der Waals surface area contributed by atoms with Crippen molar-refractivity contribution in [3.05, 3.63) is 63.9 Å². The van der Waals surface area contributed by atoms with Crippen molar-refractivity contribution in [1.29, 1.82) is 0 Å². The van der Waals surface area contributed by atoms with E-state index in [1.54, 1.807) is 6.07 Å². The quantitative estimate of drug-likeness (QED) is 0.856. The van der Waals surface area contributed by atoms with Crippen LogP contribution < -0.4 is 10.6 Å². The molecule has 2 aromatic carbocycles. The van der Waals surface area contributed by atoms with Crippen LogP contribution in [0.25, 0.3) is 0 Å². The van der Waals surface area contributed by atoms with E-state index in [0.29, 0.717) is 17.3 Å². The van der Waals surface area contributed by atoms with E-state index in [9.17, 15) is 9.18 Å². The first-order chi connectivity index (χ1) is 12.4. The average Bonchev–Trinajstić information content (AvgIpc) is 2.58. The second kappa shape index (κ2) is 8.16. The molecule has 2 aromatic rings. The highest BCUT2D eigenvalue weighted by molar-refractivity contribution is 6.34. The molecule has 1 saturated heterocycles. The van der Waals surface area contributed by atoms with Gasteiger partial charge < -0.3 is 10.6 Å². The zero-order valence-corrected chi connectivity index (χ0v) is 15.7. The number of hydrogen-bond acceptors (Lipinski definition) is 3. The van der Waals surface area contributed by atoms with Crippen LogP contribution in [0.3, 0.4) is 0 Å². The standard InChI is InChI=1S/C20H23ClFN3O/c1-13-8-14(2)20(17(21)9-13)24-19(26)12-25-7-6-23-11-18(25)15-4-3-5-16(22)10-15/h3-5,8-10,18,23H,6-7,11-12H2,1-2H3,(H,24,26). The first-order valence-electron chi connectivity index (χ1n) is 8.71. The predicted octanol–water partition coefficient (Wildman–Crippen LogP) is 3.68. The Balaban J connectivity index is 1.73. The van der Waals surface area contributed by atoms with Crippen LogP contribution in [0.2, 0.25) is 5.02 Å². The van der Waals surface area contributed by atoms with Crippen LogP contribution in [0.4, 0.5) is 10.1 Å². The molecular formula is C20H23ClFN3O. The van der Waals surface area contributed by atoms with Gasteiger partial charge in [-0.25, -0.2) is 4.39 Å². The van der Waals surface area contributed by atoms with Gasteiger partial charge in [0.25, 0.3) is 0 Å². The van der Waals surface area contributed by atoms with Gasteiger partial charge >= 0.3 is 0 Å². The van der Waals surface area contributed by atoms with Crippen molar-refractivity contribution in [3.8, 4) is 0 Å². The highest BCUT2D eigenvalue weighted by Gasteiger charge is 2.26. The maximum Gasteiger partial charge on any atom is 0.238 e. The van der Waals surface area contributed by atoms with Crippen LogP contribution in [0.15, 0.2) is 36.4 Å². The number of aryl methyl sites for hydroxylation is 2. The molecule has 1 aliphatic rings. The SMILES string of the molecule is Cc1cc(C)c(NC(=O)CN2CCNCC2c2cccc(F)c2)c(Cl)c1. The van der Waals surface area contributed by atoms with Crippen molar-refractivity contribution in [1.82, 2.24) is 10.2 Å². The lowest BCUT2D eigenvalue weighted by molar-refractivity contribution is -0.118. The highest BCUT2D eigenvalue weighted by Crippen LogP contribution is 2.28. The molecular weight excluding hydrogens is 353 g/mol. The molecule has 6 heteroatoms. The van der Waals surface area contributed by atoms with E-state index in [1.165, 1.54) is 12.1 Å². The summed E-state index contributed by atoms with van der Waals surface area (Å²) < 4.78 is 13.6. The zero-order valence-electron chi connectivity index (χ0n) is 15.0. The van der Waals surface area contributed by atoms with Crippen molar-refractivity contribution < 1.29 is 9.18 Å². The third-order valence-electron chi connectivity index (χ3n) is 4.63. The molecule has 1 amide bonds. The molecule has 1 unspecified atom stereocenters. The number of nitrogens with zero attached hydrogens (tertiary/aromatic N) is 1. The molecule has 0 saturated carbocycles. The van der Waals surface area contributed by atoms with Crippen LogP contribution in [-0.4, -0.2) is 37.0 Å². The first-order valence-corrected chi connectivity index (χ1v) is 9.08. The maximum absolute atomic E-state index is 13.6. The largest absolute Gasteiger partial charge is 0.323 e. The Morgan fingerprint density at radius 2 is 2.15 bits per heavy atom. The van der Waals surface area contributed by atoms with Gasteiger partial charge in [0.1, 0.15) is 5.82 Å². The molecule has 4 nitrogen and oxygen atoms in total. The van der Waals surface area contributed by atoms with Gasteiger partial charge in [0.15, 0.2) is 0 Å². The molecule has 138 valence electrons. The Hall–Kier alpha value is -1.95. The third-order valence-corrected chi connectivity index (χ3v) is 4.93. The molecule has 1 heterocycles. The summed E-state index contributed by atoms with van der Waals surface area (Å²) in [6.07, 6.45) is 0. The summed E-state index contributed by atoms with van der Waals surface area (Å²) in [5.41, 5.74) is 3.51. The Labute approximate surface area is 158 Å². The Morgan fingerprint density at radius 1 is 1.35 bits per heavy atom. The number of anilines is 1. The highest BCUT2D eigenvalue weighted by atomic mass is 35.5. The number of carbonyl (C=O) groups excluding carboxylic acids is 1. The van der Waals surface area contributed by atoms with Gasteiger partial charge in [-0.2, -0.15) is 0 Å². The van der Waals surface area contributed by atoms with Gasteiger partial charge in [-0.15, -0.1) is 0 Å². The lowest BCUT2D eigenvalue weighted by Gasteiger charge is -2.36. The second-order valence-electron chi connectivity index (χ2n) is 6.73. The third kappa shape index (κ3) is 4.41. The van der Waals surface area contributed by atoms with E-state index in [4.69, 9.17) is 11.6 Å². The Bertz CT molecular complexity index is 788. The summed E-state index contributed by atoms with van der Waals surface area (Å²) >= 11 is 6.28. The van der Waals surface area contributed by atoms with Gasteiger partial charge in [0.05, 0.1) is 17.3 Å². The first kappa shape index (κ1) is 18.8. The van der Waals surface area contributed by atoms with E-state index < -0.39 is 0 Å². The second-order valence-corrected chi connectivity index (χ2v) is 7.14. The van der Waals surface area contributed by atoms with E-state index >= 15 is 0 Å². The molecule has 0 aromatic heterocycles. The number of hydrogen-bond donors (Lipinski definition) is 2. The molecule has 0 spiro atoms. The van der Waals surface area contributed by atoms with Gasteiger partial charge in [-0.3, -0.25) is 9.69 Å². The van der Waals surface area contributed by atoms with E-state index in [0.717, 1.165) is 29.8 Å². The number of rotatable bonds is 4. The number of nitrogens with one attached hydrogen (secondary N) is 2. The smallest absolute Gasteiger partial charge is 0.238 e. The van der Waals surface area contributed by atoms with E-state index in [2.05, 4.69) is 15.5 Å². The monoisotopic (exact) mass is 375 g/mol. The summed E-state index contributed by atoms with van der Waals surface area (Å²) in [5.74, 6) is -0.387. The van der Waals surface area contributed by atoms with Crippen LogP contribution in [-0.2, 0) is 4.79 Å². The van der Waals surface area contributed by atoms with Crippen molar-refractivity contribution in [3.63, 3.8) is 0 Å². The van der Waals surface area contributed by atoms with Crippen molar-refractivity contribution in [2.75, 3.05) is 31.5 Å². The summed E-state index contributed by atoms with van der Waals surface area (Å²) in [5, 5.41) is 6.78. The zero-order chi connectivity index (χ0) is 18.7. The number of carbonyl (C=O) groups is 1. The van der Waals surface area contributed by atoms with Crippen LogP contribution in [0.5, 0.6) is 0 Å². The predicted molar refractivity (Wildman–Crippen MR) is 103 cm³/mol. The van der Waals surface area contributed by atoms with Crippen molar-refractivity contribution in [2.45, 2.75) is 19.9 Å². The summed E-state index contributed by atoms with van der Waals surface area (Å²) in [7, 11) is 0. The minimum atomic E-state index is -0.264. The Kier molecular flexibility index (Phi) is 5.91. The fourth-order valence-electron chi connectivity index (χ4n) is 3.42. The normalized spacial score (nSPS) is 17.9.